The number of rotatable bonds is 1. The van der Waals surface area contributed by atoms with E-state index < -0.39 is 0 Å². The van der Waals surface area contributed by atoms with E-state index in [1.165, 1.54) is 17.9 Å². The van der Waals surface area contributed by atoms with Crippen LogP contribution in [0.5, 0.6) is 0 Å². The second-order valence-corrected chi connectivity index (χ2v) is 2.05. The molecule has 1 aliphatic rings. The van der Waals surface area contributed by atoms with E-state index in [4.69, 9.17) is 5.41 Å². The molecule has 50 valence electrons. The maximum absolute atomic E-state index is 10.8. The molecule has 10 heavy (non-hydrogen) atoms. The van der Waals surface area contributed by atoms with Gasteiger partial charge in [-0.25, -0.2) is 0 Å². The third-order valence-electron chi connectivity index (χ3n) is 1.44. The van der Waals surface area contributed by atoms with Crippen molar-refractivity contribution in [3.63, 3.8) is 0 Å². The van der Waals surface area contributed by atoms with Crippen LogP contribution in [0.25, 0.3) is 0 Å². The summed E-state index contributed by atoms with van der Waals surface area (Å²) in [5.74, 6) is 0.0694. The Morgan fingerprint density at radius 3 is 2.60 bits per heavy atom. The minimum absolute atomic E-state index is 0.153. The normalized spacial score (nSPS) is 17.3. The van der Waals surface area contributed by atoms with E-state index in [2.05, 4.69) is 6.47 Å². The number of likely N-dealkylation sites (N-methyl/N-ethyl adjacent to an activating group) is 1. The Balaban J connectivity index is 2.99. The first-order valence-corrected chi connectivity index (χ1v) is 2.87. The van der Waals surface area contributed by atoms with Gasteiger partial charge in [0.15, 0.2) is 0 Å². The molecule has 0 aromatic heterocycles. The molecule has 1 N–H and O–H groups in total. The average Bonchev–Trinajstić information content (AvgIpc) is 2.17. The van der Waals surface area contributed by atoms with Crippen LogP contribution < -0.4 is 0 Å². The summed E-state index contributed by atoms with van der Waals surface area (Å²) < 4.78 is 0. The minimum atomic E-state index is -0.153. The molecule has 1 aliphatic heterocycles. The van der Waals surface area contributed by atoms with Gasteiger partial charge in [0.2, 0.25) is 0 Å². The Labute approximate surface area is 59.8 Å². The van der Waals surface area contributed by atoms with Crippen molar-refractivity contribution in [1.82, 2.24) is 4.90 Å². The predicted molar refractivity (Wildman–Crippen MR) is 41.5 cm³/mol. The molecular formula is C6H7BN2O. The van der Waals surface area contributed by atoms with Crippen LogP contribution >= 0.6 is 0 Å². The monoisotopic (exact) mass is 134 g/mol. The average molecular weight is 134 g/mol. The number of nitrogens with zero attached hydrogens (tertiary/aromatic N) is 1. The molecule has 3 nitrogen and oxygen atoms in total. The van der Waals surface area contributed by atoms with Crippen LogP contribution in [0, 0.1) is 5.41 Å². The SMILES string of the molecule is C=BC1=CC(=O)N(C)C1=N. The zero-order chi connectivity index (χ0) is 7.72. The first-order chi connectivity index (χ1) is 4.66. The molecule has 4 heteroatoms. The van der Waals surface area contributed by atoms with Crippen molar-refractivity contribution in [1.29, 1.82) is 5.41 Å². The van der Waals surface area contributed by atoms with E-state index in [9.17, 15) is 4.79 Å². The van der Waals surface area contributed by atoms with Crippen LogP contribution in [0.3, 0.4) is 0 Å². The molecule has 1 amide bonds. The van der Waals surface area contributed by atoms with E-state index >= 15 is 0 Å². The van der Waals surface area contributed by atoms with Crippen molar-refractivity contribution >= 4 is 25.1 Å². The Kier molecular flexibility index (Phi) is 1.53. The van der Waals surface area contributed by atoms with Crippen LogP contribution in [-0.2, 0) is 4.79 Å². The fraction of sp³-hybridized carbons (Fsp3) is 0.167. The van der Waals surface area contributed by atoms with Crippen LogP contribution in [-0.4, -0.2) is 37.1 Å². The van der Waals surface area contributed by atoms with E-state index in [0.717, 1.165) is 0 Å². The molecule has 0 saturated carbocycles. The Bertz CT molecular complexity index is 244. The van der Waals surface area contributed by atoms with Gasteiger partial charge in [-0.2, -0.15) is 0 Å². The van der Waals surface area contributed by atoms with E-state index in [-0.39, 0.29) is 11.7 Å². The van der Waals surface area contributed by atoms with Crippen LogP contribution in [0.2, 0.25) is 0 Å². The second-order valence-electron chi connectivity index (χ2n) is 2.05. The van der Waals surface area contributed by atoms with Gasteiger partial charge in [0.1, 0.15) is 0 Å². The molecule has 0 aliphatic carbocycles. The summed E-state index contributed by atoms with van der Waals surface area (Å²) in [4.78, 5) is 12.1. The summed E-state index contributed by atoms with van der Waals surface area (Å²) in [6, 6.07) is 0. The van der Waals surface area contributed by atoms with Gasteiger partial charge in [0.25, 0.3) is 0 Å². The fourth-order valence-electron chi connectivity index (χ4n) is 0.758. The van der Waals surface area contributed by atoms with Gasteiger partial charge in [-0.1, -0.05) is 0 Å². The van der Waals surface area contributed by atoms with Crippen molar-refractivity contribution in [3.05, 3.63) is 11.5 Å². The van der Waals surface area contributed by atoms with E-state index in [1.807, 2.05) is 0 Å². The molecule has 0 fully saturated rings. The van der Waals surface area contributed by atoms with Gasteiger partial charge in [0, 0.05) is 0 Å². The molecule has 0 atom stereocenters. The summed E-state index contributed by atoms with van der Waals surface area (Å²) in [5, 5.41) is 7.31. The molecule has 0 spiro atoms. The molecule has 1 heterocycles. The number of carbonyl (C=O) groups excluding carboxylic acids is 1. The molecule has 0 radical (unpaired) electrons. The summed E-state index contributed by atoms with van der Waals surface area (Å²) >= 11 is 0. The first kappa shape index (κ1) is 6.93. The van der Waals surface area contributed by atoms with E-state index in [0.29, 0.717) is 5.47 Å². The zero-order valence-corrected chi connectivity index (χ0v) is 5.72. The molecule has 1 rings (SSSR count). The number of nitrogens with one attached hydrogen (secondary N) is 1. The van der Waals surface area contributed by atoms with Gasteiger partial charge >= 0.3 is 58.8 Å². The number of carbonyl (C=O) groups is 1. The Hall–Kier alpha value is -1.19. The zero-order valence-electron chi connectivity index (χ0n) is 5.72. The number of hydrogen-bond donors (Lipinski definition) is 1. The third-order valence-corrected chi connectivity index (χ3v) is 1.44. The molecule has 0 aromatic rings. The van der Waals surface area contributed by atoms with Crippen molar-refractivity contribution in [2.24, 2.45) is 0 Å². The van der Waals surface area contributed by atoms with E-state index in [1.54, 1.807) is 7.05 Å². The van der Waals surface area contributed by atoms with Gasteiger partial charge in [-0.05, 0) is 0 Å². The van der Waals surface area contributed by atoms with Gasteiger partial charge < -0.3 is 0 Å². The molecule has 0 bridgehead atoms. The molecule has 0 saturated heterocycles. The maximum atomic E-state index is 10.8. The molecular weight excluding hydrogens is 127 g/mol. The number of amidine groups is 1. The van der Waals surface area contributed by atoms with Crippen LogP contribution in [0.4, 0.5) is 0 Å². The predicted octanol–water partition coefficient (Wildman–Crippen LogP) is -0.544. The molecule has 0 aromatic carbocycles. The first-order valence-electron chi connectivity index (χ1n) is 2.87. The third kappa shape index (κ3) is 0.815. The standard InChI is InChI=1S/C6H7BN2O/c1-7-4-3-5(10)9(2)6(4)8/h3,8H,1H2,2H3. The Morgan fingerprint density at radius 1 is 1.80 bits per heavy atom. The van der Waals surface area contributed by atoms with Gasteiger partial charge in [0.05, 0.1) is 0 Å². The van der Waals surface area contributed by atoms with Crippen LogP contribution in [0.1, 0.15) is 0 Å². The second kappa shape index (κ2) is 2.21. The quantitative estimate of drug-likeness (QED) is 0.480. The van der Waals surface area contributed by atoms with Crippen molar-refractivity contribution < 1.29 is 4.79 Å². The van der Waals surface area contributed by atoms with Gasteiger partial charge in [-0.15, -0.1) is 0 Å². The topological polar surface area (TPSA) is 44.2 Å². The Morgan fingerprint density at radius 2 is 2.40 bits per heavy atom. The fourth-order valence-corrected chi connectivity index (χ4v) is 0.758. The van der Waals surface area contributed by atoms with Crippen LogP contribution in [0.15, 0.2) is 11.5 Å². The van der Waals surface area contributed by atoms with Gasteiger partial charge in [-0.3, -0.25) is 0 Å². The van der Waals surface area contributed by atoms with Crippen molar-refractivity contribution in [2.45, 2.75) is 0 Å². The summed E-state index contributed by atoms with van der Waals surface area (Å²) in [6.45, 7) is 4.98. The van der Waals surface area contributed by atoms with Crippen molar-refractivity contribution in [2.75, 3.05) is 7.05 Å². The molecule has 0 unspecified atom stereocenters. The summed E-state index contributed by atoms with van der Waals surface area (Å²) in [6.07, 6.45) is 1.40. The number of amides is 1. The van der Waals surface area contributed by atoms with Crippen molar-refractivity contribution in [3.8, 4) is 0 Å². The summed E-state index contributed by atoms with van der Waals surface area (Å²) in [7, 11) is 1.57. The number of hydrogen-bond acceptors (Lipinski definition) is 2. The summed E-state index contributed by atoms with van der Waals surface area (Å²) in [5.41, 5.74) is 0.590.